The maximum absolute atomic E-state index is 9.17. The van der Waals surface area contributed by atoms with Crippen molar-refractivity contribution < 1.29 is 5.11 Å². The van der Waals surface area contributed by atoms with Crippen molar-refractivity contribution in [3.8, 4) is 0 Å². The van der Waals surface area contributed by atoms with Crippen molar-refractivity contribution in [2.75, 3.05) is 6.61 Å². The molecule has 0 saturated heterocycles. The van der Waals surface area contributed by atoms with Crippen LogP contribution in [0.5, 0.6) is 0 Å². The summed E-state index contributed by atoms with van der Waals surface area (Å²) >= 11 is 5.95. The monoisotopic (exact) mass is 267 g/mol. The molecule has 0 aromatic heterocycles. The lowest BCUT2D eigenvalue weighted by molar-refractivity contribution is 0.153. The van der Waals surface area contributed by atoms with Crippen molar-refractivity contribution in [2.45, 2.75) is 44.1 Å². The molecule has 1 aromatic carbocycles. The van der Waals surface area contributed by atoms with E-state index in [1.54, 1.807) is 0 Å². The molecule has 0 spiro atoms. The highest BCUT2D eigenvalue weighted by atomic mass is 35.5. The molecule has 2 atom stereocenters. The molecule has 1 aliphatic rings. The van der Waals surface area contributed by atoms with Crippen LogP contribution in [0.15, 0.2) is 24.3 Å². The van der Waals surface area contributed by atoms with E-state index in [0.29, 0.717) is 0 Å². The summed E-state index contributed by atoms with van der Waals surface area (Å²) in [6, 6.07) is 8.21. The standard InChI is InChI=1S/C15H22ClNO/c1-11(10-18)9-14(17)15(7-2-8-15)12-3-5-13(16)6-4-12/h3-6,11,14,18H,2,7-10,17H2,1H3/t11-,14+/m0/s1. The Morgan fingerprint density at radius 3 is 2.39 bits per heavy atom. The predicted octanol–water partition coefficient (Wildman–Crippen LogP) is 3.11. The molecule has 0 aliphatic heterocycles. The second-order valence-electron chi connectivity index (χ2n) is 5.65. The third-order valence-corrected chi connectivity index (χ3v) is 4.59. The van der Waals surface area contributed by atoms with Crippen LogP contribution in [-0.4, -0.2) is 17.8 Å². The van der Waals surface area contributed by atoms with Crippen LogP contribution in [-0.2, 0) is 5.41 Å². The van der Waals surface area contributed by atoms with Crippen molar-refractivity contribution in [3.05, 3.63) is 34.9 Å². The molecule has 18 heavy (non-hydrogen) atoms. The normalized spacial score (nSPS) is 21.1. The third-order valence-electron chi connectivity index (χ3n) is 4.34. The maximum Gasteiger partial charge on any atom is 0.0457 e. The summed E-state index contributed by atoms with van der Waals surface area (Å²) in [5.41, 5.74) is 7.82. The number of halogens is 1. The Balaban J connectivity index is 2.17. The Morgan fingerprint density at radius 2 is 1.94 bits per heavy atom. The third kappa shape index (κ3) is 2.56. The van der Waals surface area contributed by atoms with Crippen molar-refractivity contribution in [2.24, 2.45) is 11.7 Å². The van der Waals surface area contributed by atoms with Crippen LogP contribution in [0, 0.1) is 5.92 Å². The van der Waals surface area contributed by atoms with E-state index < -0.39 is 0 Å². The Hall–Kier alpha value is -0.570. The van der Waals surface area contributed by atoms with E-state index in [2.05, 4.69) is 12.1 Å². The second-order valence-corrected chi connectivity index (χ2v) is 6.08. The molecule has 1 fully saturated rings. The molecule has 3 N–H and O–H groups in total. The van der Waals surface area contributed by atoms with Crippen molar-refractivity contribution >= 4 is 11.6 Å². The summed E-state index contributed by atoms with van der Waals surface area (Å²) in [7, 11) is 0. The molecule has 0 amide bonds. The first-order valence-electron chi connectivity index (χ1n) is 6.71. The van der Waals surface area contributed by atoms with Gasteiger partial charge in [-0.25, -0.2) is 0 Å². The van der Waals surface area contributed by atoms with Crippen LogP contribution in [0.3, 0.4) is 0 Å². The molecule has 3 heteroatoms. The SMILES string of the molecule is C[C@H](CO)C[C@@H](N)C1(c2ccc(Cl)cc2)CCC1. The van der Waals surface area contributed by atoms with Crippen molar-refractivity contribution in [1.29, 1.82) is 0 Å². The minimum absolute atomic E-state index is 0.105. The number of rotatable bonds is 5. The highest BCUT2D eigenvalue weighted by molar-refractivity contribution is 6.30. The maximum atomic E-state index is 9.17. The Kier molecular flexibility index (Phi) is 4.31. The molecule has 1 aromatic rings. The number of aliphatic hydroxyl groups excluding tert-OH is 1. The van der Waals surface area contributed by atoms with E-state index in [1.807, 2.05) is 19.1 Å². The Morgan fingerprint density at radius 1 is 1.33 bits per heavy atom. The predicted molar refractivity (Wildman–Crippen MR) is 75.8 cm³/mol. The second kappa shape index (κ2) is 5.60. The zero-order valence-corrected chi connectivity index (χ0v) is 11.7. The minimum atomic E-state index is 0.105. The fraction of sp³-hybridized carbons (Fsp3) is 0.600. The van der Waals surface area contributed by atoms with Crippen LogP contribution in [0.1, 0.15) is 38.2 Å². The summed E-state index contributed by atoms with van der Waals surface area (Å²) in [5.74, 6) is 0.268. The summed E-state index contributed by atoms with van der Waals surface area (Å²) in [5, 5.41) is 9.94. The lowest BCUT2D eigenvalue weighted by Crippen LogP contribution is -2.51. The number of hydrogen-bond donors (Lipinski definition) is 2. The molecule has 2 nitrogen and oxygen atoms in total. The Labute approximate surface area is 114 Å². The van der Waals surface area contributed by atoms with Crippen LogP contribution in [0.2, 0.25) is 5.02 Å². The summed E-state index contributed by atoms with van der Waals surface area (Å²) in [4.78, 5) is 0. The first-order valence-corrected chi connectivity index (χ1v) is 7.09. The van der Waals surface area contributed by atoms with Gasteiger partial charge in [-0.15, -0.1) is 0 Å². The molecule has 0 heterocycles. The van der Waals surface area contributed by atoms with Gasteiger partial charge in [-0.1, -0.05) is 37.1 Å². The van der Waals surface area contributed by atoms with Crippen LogP contribution in [0.25, 0.3) is 0 Å². The fourth-order valence-electron chi connectivity index (χ4n) is 2.95. The zero-order chi connectivity index (χ0) is 13.2. The largest absolute Gasteiger partial charge is 0.396 e. The summed E-state index contributed by atoms with van der Waals surface area (Å²) < 4.78 is 0. The quantitative estimate of drug-likeness (QED) is 0.861. The number of nitrogens with two attached hydrogens (primary N) is 1. The highest BCUT2D eigenvalue weighted by Gasteiger charge is 2.43. The molecule has 0 radical (unpaired) electrons. The van der Waals surface area contributed by atoms with E-state index in [9.17, 15) is 5.11 Å². The molecular formula is C15H22ClNO. The van der Waals surface area contributed by atoms with E-state index in [4.69, 9.17) is 17.3 Å². The average Bonchev–Trinajstić information content (AvgIpc) is 2.30. The molecule has 0 bridgehead atoms. The van der Waals surface area contributed by atoms with Gasteiger partial charge in [-0.2, -0.15) is 0 Å². The van der Waals surface area contributed by atoms with Gasteiger partial charge in [0.2, 0.25) is 0 Å². The smallest absolute Gasteiger partial charge is 0.0457 e. The zero-order valence-electron chi connectivity index (χ0n) is 10.9. The number of benzene rings is 1. The lowest BCUT2D eigenvalue weighted by Gasteiger charge is -2.47. The van der Waals surface area contributed by atoms with Gasteiger partial charge >= 0.3 is 0 Å². The van der Waals surface area contributed by atoms with Gasteiger partial charge in [-0.05, 0) is 42.9 Å². The van der Waals surface area contributed by atoms with Crippen LogP contribution >= 0.6 is 11.6 Å². The van der Waals surface area contributed by atoms with Crippen molar-refractivity contribution in [3.63, 3.8) is 0 Å². The molecule has 2 rings (SSSR count). The van der Waals surface area contributed by atoms with Crippen LogP contribution in [0.4, 0.5) is 0 Å². The van der Waals surface area contributed by atoms with Gasteiger partial charge in [0.15, 0.2) is 0 Å². The molecular weight excluding hydrogens is 246 g/mol. The van der Waals surface area contributed by atoms with Gasteiger partial charge in [0.1, 0.15) is 0 Å². The van der Waals surface area contributed by atoms with Gasteiger partial charge in [0, 0.05) is 23.1 Å². The molecule has 100 valence electrons. The number of hydrogen-bond acceptors (Lipinski definition) is 2. The van der Waals surface area contributed by atoms with Crippen molar-refractivity contribution in [1.82, 2.24) is 0 Å². The highest BCUT2D eigenvalue weighted by Crippen LogP contribution is 2.47. The van der Waals surface area contributed by atoms with Gasteiger partial charge in [-0.3, -0.25) is 0 Å². The summed E-state index contributed by atoms with van der Waals surface area (Å²) in [6.07, 6.45) is 4.41. The van der Waals surface area contributed by atoms with E-state index in [-0.39, 0.29) is 24.0 Å². The fourth-order valence-corrected chi connectivity index (χ4v) is 3.07. The summed E-state index contributed by atoms with van der Waals surface area (Å²) in [6.45, 7) is 2.26. The van der Waals surface area contributed by atoms with E-state index >= 15 is 0 Å². The average molecular weight is 268 g/mol. The Bertz CT molecular complexity index is 386. The first kappa shape index (κ1) is 13.9. The lowest BCUT2D eigenvalue weighted by atomic mass is 9.59. The van der Waals surface area contributed by atoms with Gasteiger partial charge in [0.05, 0.1) is 0 Å². The van der Waals surface area contributed by atoms with Gasteiger partial charge < -0.3 is 10.8 Å². The van der Waals surface area contributed by atoms with Crippen LogP contribution < -0.4 is 5.73 Å². The topological polar surface area (TPSA) is 46.2 Å². The first-order chi connectivity index (χ1) is 8.58. The van der Waals surface area contributed by atoms with E-state index in [0.717, 1.165) is 24.3 Å². The molecule has 0 unspecified atom stereocenters. The number of aliphatic hydroxyl groups is 1. The van der Waals surface area contributed by atoms with E-state index in [1.165, 1.54) is 12.0 Å². The van der Waals surface area contributed by atoms with Gasteiger partial charge in [0.25, 0.3) is 0 Å². The molecule has 1 saturated carbocycles. The minimum Gasteiger partial charge on any atom is -0.396 e. The molecule has 1 aliphatic carbocycles.